The van der Waals surface area contributed by atoms with Crippen molar-refractivity contribution in [2.24, 2.45) is 0 Å². The molecule has 150 valence electrons. The van der Waals surface area contributed by atoms with Gasteiger partial charge in [0.1, 0.15) is 0 Å². The van der Waals surface area contributed by atoms with Crippen LogP contribution in [-0.2, 0) is 21.2 Å². The second-order valence-corrected chi connectivity index (χ2v) is 8.88. The summed E-state index contributed by atoms with van der Waals surface area (Å²) in [6.45, 7) is 3.48. The SMILES string of the molecule is C[C@H](CCc1ccccc1)NC(=O)c1ccc(S(=O)(=O)N2CCOCC2)cc1. The van der Waals surface area contributed by atoms with Gasteiger partial charge in [-0.2, -0.15) is 4.31 Å². The standard InChI is InChI=1S/C21H26N2O4S/c1-17(7-8-18-5-3-2-4-6-18)22-21(24)19-9-11-20(12-10-19)28(25,26)23-13-15-27-16-14-23/h2-6,9-12,17H,7-8,13-16H2,1H3,(H,22,24)/t17-/m1/s1. The molecule has 0 unspecified atom stereocenters. The number of hydrogen-bond donors (Lipinski definition) is 1. The molecule has 0 radical (unpaired) electrons. The molecule has 0 bridgehead atoms. The number of carbonyl (C=O) groups excluding carboxylic acids is 1. The van der Waals surface area contributed by atoms with Crippen LogP contribution in [0.15, 0.2) is 59.5 Å². The molecular weight excluding hydrogens is 376 g/mol. The summed E-state index contributed by atoms with van der Waals surface area (Å²) < 4.78 is 31.9. The van der Waals surface area contributed by atoms with E-state index in [0.29, 0.717) is 31.9 Å². The van der Waals surface area contributed by atoms with Gasteiger partial charge >= 0.3 is 0 Å². The maximum Gasteiger partial charge on any atom is 0.251 e. The Morgan fingerprint density at radius 3 is 2.36 bits per heavy atom. The third-order valence-corrected chi connectivity index (χ3v) is 6.72. The molecule has 1 aliphatic heterocycles. The van der Waals surface area contributed by atoms with Gasteiger partial charge in [0.25, 0.3) is 5.91 Å². The molecule has 1 saturated heterocycles. The van der Waals surface area contributed by atoms with Crippen LogP contribution in [0.5, 0.6) is 0 Å². The molecule has 28 heavy (non-hydrogen) atoms. The number of aryl methyl sites for hydroxylation is 1. The van der Waals surface area contributed by atoms with Crippen molar-refractivity contribution in [2.45, 2.75) is 30.7 Å². The summed E-state index contributed by atoms with van der Waals surface area (Å²) in [7, 11) is -3.55. The Kier molecular flexibility index (Phi) is 6.83. The van der Waals surface area contributed by atoms with Crippen molar-refractivity contribution in [1.29, 1.82) is 0 Å². The van der Waals surface area contributed by atoms with Crippen molar-refractivity contribution in [3.05, 3.63) is 65.7 Å². The quantitative estimate of drug-likeness (QED) is 0.772. The first-order valence-corrected chi connectivity index (χ1v) is 10.9. The summed E-state index contributed by atoms with van der Waals surface area (Å²) in [4.78, 5) is 12.6. The Bertz CT molecular complexity index is 876. The predicted octanol–water partition coefficient (Wildman–Crippen LogP) is 2.46. The van der Waals surface area contributed by atoms with Gasteiger partial charge in [-0.3, -0.25) is 4.79 Å². The van der Waals surface area contributed by atoms with Gasteiger partial charge in [-0.25, -0.2) is 8.42 Å². The van der Waals surface area contributed by atoms with Crippen molar-refractivity contribution in [2.75, 3.05) is 26.3 Å². The lowest BCUT2D eigenvalue weighted by atomic mass is 10.1. The van der Waals surface area contributed by atoms with Crippen LogP contribution >= 0.6 is 0 Å². The monoisotopic (exact) mass is 402 g/mol. The summed E-state index contributed by atoms with van der Waals surface area (Å²) in [6.07, 6.45) is 1.72. The molecule has 2 aromatic rings. The molecule has 3 rings (SSSR count). The van der Waals surface area contributed by atoms with Crippen LogP contribution in [0.1, 0.15) is 29.3 Å². The second-order valence-electron chi connectivity index (χ2n) is 6.94. The number of ether oxygens (including phenoxy) is 1. The van der Waals surface area contributed by atoms with E-state index in [-0.39, 0.29) is 16.8 Å². The van der Waals surface area contributed by atoms with Crippen LogP contribution in [-0.4, -0.2) is 51.0 Å². The first-order valence-electron chi connectivity index (χ1n) is 9.49. The highest BCUT2D eigenvalue weighted by molar-refractivity contribution is 7.89. The van der Waals surface area contributed by atoms with Gasteiger partial charge in [-0.15, -0.1) is 0 Å². The van der Waals surface area contributed by atoms with E-state index in [0.717, 1.165) is 12.8 Å². The average Bonchev–Trinajstić information content (AvgIpc) is 2.73. The van der Waals surface area contributed by atoms with Crippen LogP contribution in [0.3, 0.4) is 0 Å². The van der Waals surface area contributed by atoms with Gasteiger partial charge in [-0.1, -0.05) is 30.3 Å². The van der Waals surface area contributed by atoms with Gasteiger partial charge in [0.05, 0.1) is 18.1 Å². The molecule has 2 aromatic carbocycles. The number of benzene rings is 2. The van der Waals surface area contributed by atoms with Crippen LogP contribution in [0, 0.1) is 0 Å². The number of rotatable bonds is 7. The number of morpholine rings is 1. The molecule has 1 amide bonds. The van der Waals surface area contributed by atoms with Crippen LogP contribution in [0.25, 0.3) is 0 Å². The van der Waals surface area contributed by atoms with Crippen LogP contribution < -0.4 is 5.32 Å². The summed E-state index contributed by atoms with van der Waals surface area (Å²) in [5.41, 5.74) is 1.69. The minimum absolute atomic E-state index is 0.0180. The highest BCUT2D eigenvalue weighted by Crippen LogP contribution is 2.18. The average molecular weight is 403 g/mol. The molecule has 0 aromatic heterocycles. The fourth-order valence-electron chi connectivity index (χ4n) is 3.12. The molecule has 1 N–H and O–H groups in total. The number of nitrogens with zero attached hydrogens (tertiary/aromatic N) is 1. The van der Waals surface area contributed by atoms with E-state index in [1.54, 1.807) is 12.1 Å². The third-order valence-electron chi connectivity index (χ3n) is 4.81. The van der Waals surface area contributed by atoms with Crippen molar-refractivity contribution in [3.8, 4) is 0 Å². The maximum absolute atomic E-state index is 12.6. The van der Waals surface area contributed by atoms with Crippen molar-refractivity contribution in [1.82, 2.24) is 9.62 Å². The molecule has 1 aliphatic rings. The molecule has 1 atom stereocenters. The lowest BCUT2D eigenvalue weighted by Crippen LogP contribution is -2.40. The Hall–Kier alpha value is -2.22. The smallest absolute Gasteiger partial charge is 0.251 e. The summed E-state index contributed by atoms with van der Waals surface area (Å²) >= 11 is 0. The zero-order chi connectivity index (χ0) is 20.0. The fraction of sp³-hybridized carbons (Fsp3) is 0.381. The van der Waals surface area contributed by atoms with Crippen molar-refractivity contribution < 1.29 is 17.9 Å². The van der Waals surface area contributed by atoms with E-state index in [2.05, 4.69) is 17.4 Å². The van der Waals surface area contributed by atoms with Gasteiger partial charge < -0.3 is 10.1 Å². The Morgan fingerprint density at radius 2 is 1.71 bits per heavy atom. The number of nitrogens with one attached hydrogen (secondary N) is 1. The van der Waals surface area contributed by atoms with Gasteiger partial charge in [0.15, 0.2) is 0 Å². The van der Waals surface area contributed by atoms with E-state index in [4.69, 9.17) is 4.74 Å². The lowest BCUT2D eigenvalue weighted by molar-refractivity contribution is 0.0730. The summed E-state index contributed by atoms with van der Waals surface area (Å²) in [6, 6.07) is 16.3. The first kappa shape index (κ1) is 20.5. The Labute approximate surface area is 166 Å². The topological polar surface area (TPSA) is 75.7 Å². The van der Waals surface area contributed by atoms with Gasteiger partial charge in [0.2, 0.25) is 10.0 Å². The highest BCUT2D eigenvalue weighted by atomic mass is 32.2. The third kappa shape index (κ3) is 5.19. The predicted molar refractivity (Wildman–Crippen MR) is 108 cm³/mol. The molecule has 1 fully saturated rings. The van der Waals surface area contributed by atoms with Gasteiger partial charge in [0, 0.05) is 24.7 Å². The van der Waals surface area contributed by atoms with Crippen molar-refractivity contribution >= 4 is 15.9 Å². The zero-order valence-corrected chi connectivity index (χ0v) is 16.8. The molecular formula is C21H26N2O4S. The number of carbonyl (C=O) groups is 1. The number of sulfonamides is 1. The zero-order valence-electron chi connectivity index (χ0n) is 16.0. The van der Waals surface area contributed by atoms with E-state index in [1.165, 1.54) is 22.0 Å². The van der Waals surface area contributed by atoms with Crippen LogP contribution in [0.2, 0.25) is 0 Å². The molecule has 1 heterocycles. The normalized spacial score (nSPS) is 16.5. The summed E-state index contributed by atoms with van der Waals surface area (Å²) in [5.74, 6) is -0.198. The van der Waals surface area contributed by atoms with Crippen LogP contribution in [0.4, 0.5) is 0 Å². The largest absolute Gasteiger partial charge is 0.379 e. The minimum Gasteiger partial charge on any atom is -0.379 e. The van der Waals surface area contributed by atoms with E-state index in [9.17, 15) is 13.2 Å². The number of hydrogen-bond acceptors (Lipinski definition) is 4. The highest BCUT2D eigenvalue weighted by Gasteiger charge is 2.26. The molecule has 0 spiro atoms. The lowest BCUT2D eigenvalue weighted by Gasteiger charge is -2.26. The molecule has 0 aliphatic carbocycles. The molecule has 0 saturated carbocycles. The molecule has 7 heteroatoms. The first-order chi connectivity index (χ1) is 13.5. The minimum atomic E-state index is -3.55. The fourth-order valence-corrected chi connectivity index (χ4v) is 4.53. The molecule has 6 nitrogen and oxygen atoms in total. The second kappa shape index (κ2) is 9.32. The van der Waals surface area contributed by atoms with E-state index in [1.807, 2.05) is 25.1 Å². The van der Waals surface area contributed by atoms with E-state index >= 15 is 0 Å². The van der Waals surface area contributed by atoms with Crippen molar-refractivity contribution in [3.63, 3.8) is 0 Å². The number of amides is 1. The Balaban J connectivity index is 1.57. The maximum atomic E-state index is 12.6. The Morgan fingerprint density at radius 1 is 1.07 bits per heavy atom. The van der Waals surface area contributed by atoms with Gasteiger partial charge in [-0.05, 0) is 49.6 Å². The van der Waals surface area contributed by atoms with E-state index < -0.39 is 10.0 Å². The summed E-state index contributed by atoms with van der Waals surface area (Å²) in [5, 5.41) is 2.97.